The predicted octanol–water partition coefficient (Wildman–Crippen LogP) is 3.56. The van der Waals surface area contributed by atoms with Crippen LogP contribution in [0, 0.1) is 0 Å². The van der Waals surface area contributed by atoms with Crippen molar-refractivity contribution in [3.05, 3.63) is 83.7 Å². The number of carbonyl (C=O) groups is 1. The summed E-state index contributed by atoms with van der Waals surface area (Å²) in [7, 11) is 0. The summed E-state index contributed by atoms with van der Waals surface area (Å²) in [5.74, 6) is -0.426. The first kappa shape index (κ1) is 16.5. The first-order chi connectivity index (χ1) is 12.7. The lowest BCUT2D eigenvalue weighted by atomic mass is 9.97. The van der Waals surface area contributed by atoms with E-state index in [0.29, 0.717) is 11.5 Å². The Morgan fingerprint density at radius 3 is 2.58 bits per heavy atom. The highest BCUT2D eigenvalue weighted by Crippen LogP contribution is 2.28. The zero-order valence-corrected chi connectivity index (χ0v) is 14.5. The molecule has 1 aliphatic heterocycles. The van der Waals surface area contributed by atoms with Crippen LogP contribution in [0.5, 0.6) is 0 Å². The van der Waals surface area contributed by atoms with Crippen LogP contribution in [0.2, 0.25) is 0 Å². The Bertz CT molecular complexity index is 887. The number of para-hydroxylation sites is 1. The number of aromatic carboxylic acids is 1. The number of aromatic nitrogens is 2. The fraction of sp³-hybridized carbons (Fsp3) is 0.238. The normalized spacial score (nSPS) is 17.5. The molecule has 1 N–H and O–H groups in total. The number of benzene rings is 2. The van der Waals surface area contributed by atoms with Gasteiger partial charge in [0.15, 0.2) is 0 Å². The maximum Gasteiger partial charge on any atom is 0.335 e. The molecule has 4 rings (SSSR count). The van der Waals surface area contributed by atoms with Gasteiger partial charge in [-0.15, -0.1) is 0 Å². The summed E-state index contributed by atoms with van der Waals surface area (Å²) in [6, 6.07) is 19.5. The van der Waals surface area contributed by atoms with Gasteiger partial charge in [-0.05, 0) is 54.8 Å². The lowest BCUT2D eigenvalue weighted by molar-refractivity contribution is 0.0697. The van der Waals surface area contributed by atoms with Gasteiger partial charge in [-0.1, -0.05) is 30.3 Å². The summed E-state index contributed by atoms with van der Waals surface area (Å²) < 4.78 is 2.00. The van der Waals surface area contributed by atoms with Crippen LogP contribution in [-0.2, 0) is 6.54 Å². The molecular weight excluding hydrogens is 326 g/mol. The van der Waals surface area contributed by atoms with Crippen molar-refractivity contribution in [1.29, 1.82) is 0 Å². The molecule has 2 aromatic carbocycles. The van der Waals surface area contributed by atoms with Gasteiger partial charge in [0, 0.05) is 19.3 Å². The second kappa shape index (κ2) is 7.14. The second-order valence-electron chi connectivity index (χ2n) is 6.72. The third-order valence-corrected chi connectivity index (χ3v) is 5.01. The van der Waals surface area contributed by atoms with Gasteiger partial charge >= 0.3 is 5.97 Å². The zero-order chi connectivity index (χ0) is 17.9. The van der Waals surface area contributed by atoms with Gasteiger partial charge in [0.25, 0.3) is 0 Å². The Balaban J connectivity index is 1.44. The molecule has 1 fully saturated rings. The van der Waals surface area contributed by atoms with Gasteiger partial charge in [0.1, 0.15) is 0 Å². The molecule has 26 heavy (non-hydrogen) atoms. The maximum atomic E-state index is 11.0. The molecule has 1 unspecified atom stereocenters. The van der Waals surface area contributed by atoms with Crippen molar-refractivity contribution in [1.82, 2.24) is 14.7 Å². The average molecular weight is 347 g/mol. The minimum absolute atomic E-state index is 0.343. The van der Waals surface area contributed by atoms with Crippen molar-refractivity contribution >= 4 is 5.97 Å². The number of hydrogen-bond acceptors (Lipinski definition) is 3. The number of likely N-dealkylation sites (tertiary alicyclic amines) is 1. The largest absolute Gasteiger partial charge is 0.478 e. The Morgan fingerprint density at radius 1 is 1.08 bits per heavy atom. The fourth-order valence-corrected chi connectivity index (χ4v) is 3.63. The van der Waals surface area contributed by atoms with Crippen molar-refractivity contribution in [2.45, 2.75) is 18.9 Å². The molecule has 0 saturated carbocycles. The van der Waals surface area contributed by atoms with Gasteiger partial charge in [0.2, 0.25) is 0 Å². The molecule has 1 saturated heterocycles. The van der Waals surface area contributed by atoms with E-state index in [0.717, 1.165) is 31.7 Å². The van der Waals surface area contributed by atoms with Crippen LogP contribution in [0.4, 0.5) is 0 Å². The number of rotatable bonds is 5. The smallest absolute Gasteiger partial charge is 0.335 e. The Kier molecular flexibility index (Phi) is 4.54. The first-order valence-corrected chi connectivity index (χ1v) is 8.84. The molecule has 1 aliphatic rings. The van der Waals surface area contributed by atoms with E-state index in [9.17, 15) is 4.79 Å². The Hall–Kier alpha value is -2.92. The van der Waals surface area contributed by atoms with Crippen LogP contribution in [0.25, 0.3) is 5.69 Å². The minimum Gasteiger partial charge on any atom is -0.478 e. The lowest BCUT2D eigenvalue weighted by Crippen LogP contribution is -2.21. The summed E-state index contributed by atoms with van der Waals surface area (Å²) >= 11 is 0. The van der Waals surface area contributed by atoms with Crippen molar-refractivity contribution in [2.75, 3.05) is 13.1 Å². The summed E-state index contributed by atoms with van der Waals surface area (Å²) in [6.07, 6.45) is 2.94. The highest BCUT2D eigenvalue weighted by Gasteiger charge is 2.25. The van der Waals surface area contributed by atoms with Gasteiger partial charge < -0.3 is 5.11 Å². The zero-order valence-electron chi connectivity index (χ0n) is 14.5. The van der Waals surface area contributed by atoms with Crippen molar-refractivity contribution in [3.8, 4) is 5.69 Å². The van der Waals surface area contributed by atoms with E-state index < -0.39 is 5.97 Å². The van der Waals surface area contributed by atoms with Gasteiger partial charge in [0.05, 0.1) is 16.9 Å². The van der Waals surface area contributed by atoms with E-state index in [1.54, 1.807) is 12.1 Å². The summed E-state index contributed by atoms with van der Waals surface area (Å²) in [6.45, 7) is 2.87. The van der Waals surface area contributed by atoms with E-state index >= 15 is 0 Å². The molecule has 0 spiro atoms. The maximum absolute atomic E-state index is 11.0. The lowest BCUT2D eigenvalue weighted by Gasteiger charge is -2.17. The van der Waals surface area contributed by atoms with E-state index in [1.807, 2.05) is 41.2 Å². The number of hydrogen-bond donors (Lipinski definition) is 1. The topological polar surface area (TPSA) is 58.4 Å². The van der Waals surface area contributed by atoms with E-state index in [-0.39, 0.29) is 0 Å². The molecule has 0 amide bonds. The highest BCUT2D eigenvalue weighted by atomic mass is 16.4. The first-order valence-electron chi connectivity index (χ1n) is 8.84. The second-order valence-corrected chi connectivity index (χ2v) is 6.72. The van der Waals surface area contributed by atoms with Crippen LogP contribution in [0.1, 0.15) is 34.0 Å². The van der Waals surface area contributed by atoms with Crippen LogP contribution < -0.4 is 0 Å². The molecule has 2 heterocycles. The molecule has 1 atom stereocenters. The van der Waals surface area contributed by atoms with E-state index in [2.05, 4.69) is 28.2 Å². The average Bonchev–Trinajstić information content (AvgIpc) is 3.32. The molecule has 3 aromatic rings. The standard InChI is InChI=1S/C21H21N3O2/c25-21(26)17-8-6-16(7-9-17)18-11-13-23(14-18)15-20-10-12-22-24(20)19-4-2-1-3-5-19/h1-10,12,18H,11,13-15H2,(H,25,26). The summed E-state index contributed by atoms with van der Waals surface area (Å²) in [5.41, 5.74) is 3.81. The summed E-state index contributed by atoms with van der Waals surface area (Å²) in [5, 5.41) is 13.5. The molecule has 5 nitrogen and oxygen atoms in total. The Labute approximate surface area is 152 Å². The van der Waals surface area contributed by atoms with Crippen LogP contribution in [0.15, 0.2) is 66.9 Å². The third kappa shape index (κ3) is 3.39. The van der Waals surface area contributed by atoms with Crippen molar-refractivity contribution < 1.29 is 9.90 Å². The number of carboxylic acids is 1. The van der Waals surface area contributed by atoms with Crippen LogP contribution in [0.3, 0.4) is 0 Å². The Morgan fingerprint density at radius 2 is 1.85 bits per heavy atom. The fourth-order valence-electron chi connectivity index (χ4n) is 3.63. The van der Waals surface area contributed by atoms with Crippen LogP contribution >= 0.6 is 0 Å². The summed E-state index contributed by atoms with van der Waals surface area (Å²) in [4.78, 5) is 13.4. The molecule has 5 heteroatoms. The van der Waals surface area contributed by atoms with E-state index in [1.165, 1.54) is 11.3 Å². The molecule has 0 bridgehead atoms. The third-order valence-electron chi connectivity index (χ3n) is 5.01. The molecular formula is C21H21N3O2. The molecule has 1 aromatic heterocycles. The molecule has 0 aliphatic carbocycles. The van der Waals surface area contributed by atoms with Gasteiger partial charge in [-0.25, -0.2) is 9.48 Å². The molecule has 132 valence electrons. The van der Waals surface area contributed by atoms with Gasteiger partial charge in [-0.3, -0.25) is 4.90 Å². The predicted molar refractivity (Wildman–Crippen MR) is 99.6 cm³/mol. The van der Waals surface area contributed by atoms with E-state index in [4.69, 9.17) is 5.11 Å². The van der Waals surface area contributed by atoms with Crippen LogP contribution in [-0.4, -0.2) is 38.8 Å². The monoisotopic (exact) mass is 347 g/mol. The number of nitrogens with zero attached hydrogens (tertiary/aromatic N) is 3. The number of carboxylic acid groups (broad SMARTS) is 1. The molecule has 0 radical (unpaired) electrons. The SMILES string of the molecule is O=C(O)c1ccc(C2CCN(Cc3ccnn3-c3ccccc3)C2)cc1. The minimum atomic E-state index is -0.876. The highest BCUT2D eigenvalue weighted by molar-refractivity contribution is 5.87. The van der Waals surface area contributed by atoms with Gasteiger partial charge in [-0.2, -0.15) is 5.10 Å². The van der Waals surface area contributed by atoms with Crippen molar-refractivity contribution in [3.63, 3.8) is 0 Å². The van der Waals surface area contributed by atoms with Crippen molar-refractivity contribution in [2.24, 2.45) is 0 Å². The quantitative estimate of drug-likeness (QED) is 0.767.